The summed E-state index contributed by atoms with van der Waals surface area (Å²) in [5, 5.41) is 3.32. The van der Waals surface area contributed by atoms with Gasteiger partial charge in [-0.3, -0.25) is 4.79 Å². The van der Waals surface area contributed by atoms with Crippen molar-refractivity contribution in [2.75, 3.05) is 5.32 Å². The SMILES string of the molecule is CCc1cc(Br)ccc1NC(=O)c1cccc(Br)c1Cl. The van der Waals surface area contributed by atoms with Gasteiger partial charge in [-0.15, -0.1) is 0 Å². The number of amides is 1. The zero-order valence-corrected chi connectivity index (χ0v) is 14.6. The van der Waals surface area contributed by atoms with Gasteiger partial charge in [0.25, 0.3) is 5.91 Å². The minimum absolute atomic E-state index is 0.215. The highest BCUT2D eigenvalue weighted by molar-refractivity contribution is 9.10. The molecule has 0 bridgehead atoms. The predicted octanol–water partition coefficient (Wildman–Crippen LogP) is 5.68. The fraction of sp³-hybridized carbons (Fsp3) is 0.133. The van der Waals surface area contributed by atoms with Crippen LogP contribution in [0.4, 0.5) is 5.69 Å². The summed E-state index contributed by atoms with van der Waals surface area (Å²) in [7, 11) is 0. The van der Waals surface area contributed by atoms with Crippen LogP contribution < -0.4 is 5.32 Å². The van der Waals surface area contributed by atoms with Crippen LogP contribution in [0.25, 0.3) is 0 Å². The Balaban J connectivity index is 2.30. The third-order valence-electron chi connectivity index (χ3n) is 2.89. The molecule has 0 unspecified atom stereocenters. The van der Waals surface area contributed by atoms with Crippen molar-refractivity contribution >= 4 is 55.1 Å². The Labute approximate surface area is 139 Å². The Morgan fingerprint density at radius 3 is 2.70 bits per heavy atom. The number of carbonyl (C=O) groups is 1. The Hall–Kier alpha value is -0.840. The van der Waals surface area contributed by atoms with E-state index >= 15 is 0 Å². The van der Waals surface area contributed by atoms with Gasteiger partial charge in [0, 0.05) is 14.6 Å². The van der Waals surface area contributed by atoms with Gasteiger partial charge in [0.15, 0.2) is 0 Å². The summed E-state index contributed by atoms with van der Waals surface area (Å²) in [5.74, 6) is -0.215. The number of carbonyl (C=O) groups excluding carboxylic acids is 1. The summed E-state index contributed by atoms with van der Waals surface area (Å²) in [5.41, 5.74) is 2.32. The molecule has 2 nitrogen and oxygen atoms in total. The normalized spacial score (nSPS) is 10.4. The van der Waals surface area contributed by atoms with E-state index in [-0.39, 0.29) is 5.91 Å². The van der Waals surface area contributed by atoms with Crippen molar-refractivity contribution < 1.29 is 4.79 Å². The number of rotatable bonds is 3. The topological polar surface area (TPSA) is 29.1 Å². The first-order valence-electron chi connectivity index (χ1n) is 6.06. The van der Waals surface area contributed by atoms with Crippen molar-refractivity contribution in [2.45, 2.75) is 13.3 Å². The highest BCUT2D eigenvalue weighted by Crippen LogP contribution is 2.28. The van der Waals surface area contributed by atoms with Gasteiger partial charge in [-0.2, -0.15) is 0 Å². The van der Waals surface area contributed by atoms with Crippen molar-refractivity contribution in [3.05, 3.63) is 61.5 Å². The smallest absolute Gasteiger partial charge is 0.257 e. The molecular formula is C15H12Br2ClNO. The van der Waals surface area contributed by atoms with Gasteiger partial charge < -0.3 is 5.32 Å². The van der Waals surface area contributed by atoms with Crippen molar-refractivity contribution in [3.8, 4) is 0 Å². The fourth-order valence-corrected chi connectivity index (χ4v) is 2.83. The summed E-state index contributed by atoms with van der Waals surface area (Å²) in [6.45, 7) is 2.05. The van der Waals surface area contributed by atoms with E-state index in [9.17, 15) is 4.79 Å². The van der Waals surface area contributed by atoms with E-state index < -0.39 is 0 Å². The number of halogens is 3. The molecule has 0 aliphatic rings. The molecule has 0 saturated heterocycles. The van der Waals surface area contributed by atoms with Crippen LogP contribution in [0.15, 0.2) is 45.3 Å². The molecule has 2 aromatic carbocycles. The molecule has 0 aromatic heterocycles. The van der Waals surface area contributed by atoms with Crippen molar-refractivity contribution in [1.82, 2.24) is 0 Å². The molecule has 20 heavy (non-hydrogen) atoms. The minimum atomic E-state index is -0.215. The van der Waals surface area contributed by atoms with Crippen LogP contribution in [0.1, 0.15) is 22.8 Å². The monoisotopic (exact) mass is 415 g/mol. The molecule has 1 N–H and O–H groups in total. The minimum Gasteiger partial charge on any atom is -0.322 e. The summed E-state index contributed by atoms with van der Waals surface area (Å²) in [6, 6.07) is 11.1. The van der Waals surface area contributed by atoms with Crippen LogP contribution in [-0.4, -0.2) is 5.91 Å². The van der Waals surface area contributed by atoms with E-state index in [1.165, 1.54) is 0 Å². The number of nitrogens with one attached hydrogen (secondary N) is 1. The van der Waals surface area contributed by atoms with E-state index in [1.54, 1.807) is 18.2 Å². The van der Waals surface area contributed by atoms with Gasteiger partial charge in [-0.1, -0.05) is 40.5 Å². The highest BCUT2D eigenvalue weighted by atomic mass is 79.9. The zero-order chi connectivity index (χ0) is 14.7. The van der Waals surface area contributed by atoms with Gasteiger partial charge in [0.1, 0.15) is 0 Å². The average Bonchev–Trinajstić information content (AvgIpc) is 2.43. The molecule has 5 heteroatoms. The first-order valence-corrected chi connectivity index (χ1v) is 8.03. The van der Waals surface area contributed by atoms with Gasteiger partial charge >= 0.3 is 0 Å². The quantitative estimate of drug-likeness (QED) is 0.684. The van der Waals surface area contributed by atoms with Crippen LogP contribution in [0, 0.1) is 0 Å². The maximum Gasteiger partial charge on any atom is 0.257 e. The lowest BCUT2D eigenvalue weighted by Gasteiger charge is -2.11. The fourth-order valence-electron chi connectivity index (χ4n) is 1.85. The second-order valence-corrected chi connectivity index (χ2v) is 6.36. The van der Waals surface area contributed by atoms with Gasteiger partial charge in [0.05, 0.1) is 10.6 Å². The Morgan fingerprint density at radius 2 is 2.00 bits per heavy atom. The Morgan fingerprint density at radius 1 is 1.25 bits per heavy atom. The molecule has 0 saturated carbocycles. The average molecular weight is 418 g/mol. The zero-order valence-electron chi connectivity index (χ0n) is 10.7. The number of hydrogen-bond acceptors (Lipinski definition) is 1. The van der Waals surface area contributed by atoms with Crippen molar-refractivity contribution in [1.29, 1.82) is 0 Å². The highest BCUT2D eigenvalue weighted by Gasteiger charge is 2.13. The van der Waals surface area contributed by atoms with E-state index in [0.29, 0.717) is 15.1 Å². The van der Waals surface area contributed by atoms with Crippen LogP contribution >= 0.6 is 43.5 Å². The molecule has 1 amide bonds. The molecule has 0 heterocycles. The Kier molecular flexibility index (Phi) is 5.24. The van der Waals surface area contributed by atoms with Gasteiger partial charge in [-0.05, 0) is 58.2 Å². The Bertz CT molecular complexity index is 658. The molecule has 104 valence electrons. The number of benzene rings is 2. The molecule has 0 atom stereocenters. The molecule has 0 spiro atoms. The maximum atomic E-state index is 12.3. The van der Waals surface area contributed by atoms with Crippen molar-refractivity contribution in [3.63, 3.8) is 0 Å². The largest absolute Gasteiger partial charge is 0.322 e. The third-order valence-corrected chi connectivity index (χ3v) is 4.68. The lowest BCUT2D eigenvalue weighted by molar-refractivity contribution is 0.102. The molecule has 0 fully saturated rings. The van der Waals surface area contributed by atoms with Gasteiger partial charge in [0.2, 0.25) is 0 Å². The van der Waals surface area contributed by atoms with Crippen LogP contribution in [0.2, 0.25) is 5.02 Å². The van der Waals surface area contributed by atoms with E-state index in [0.717, 1.165) is 22.1 Å². The van der Waals surface area contributed by atoms with Crippen LogP contribution in [-0.2, 0) is 6.42 Å². The number of aryl methyl sites for hydroxylation is 1. The van der Waals surface area contributed by atoms with Crippen LogP contribution in [0.3, 0.4) is 0 Å². The standard InChI is InChI=1S/C15H12Br2ClNO/c1-2-9-8-10(16)6-7-13(9)19-15(20)11-4-3-5-12(17)14(11)18/h3-8H,2H2,1H3,(H,19,20). The summed E-state index contributed by atoms with van der Waals surface area (Å²) >= 11 is 12.9. The summed E-state index contributed by atoms with van der Waals surface area (Å²) in [6.07, 6.45) is 0.835. The van der Waals surface area contributed by atoms with E-state index in [4.69, 9.17) is 11.6 Å². The molecule has 2 rings (SSSR count). The lowest BCUT2D eigenvalue weighted by Crippen LogP contribution is -2.13. The second-order valence-electron chi connectivity index (χ2n) is 4.21. The molecule has 0 aliphatic heterocycles. The second kappa shape index (κ2) is 6.74. The molecular weight excluding hydrogens is 405 g/mol. The predicted molar refractivity (Wildman–Crippen MR) is 90.6 cm³/mol. The molecule has 0 aliphatic carbocycles. The van der Waals surface area contributed by atoms with Crippen LogP contribution in [0.5, 0.6) is 0 Å². The first-order chi connectivity index (χ1) is 9.52. The number of anilines is 1. The van der Waals surface area contributed by atoms with E-state index in [2.05, 4.69) is 37.2 Å². The molecule has 0 radical (unpaired) electrons. The molecule has 2 aromatic rings. The summed E-state index contributed by atoms with van der Waals surface area (Å²) < 4.78 is 1.70. The maximum absolute atomic E-state index is 12.3. The van der Waals surface area contributed by atoms with E-state index in [1.807, 2.05) is 25.1 Å². The summed E-state index contributed by atoms with van der Waals surface area (Å²) in [4.78, 5) is 12.3. The third kappa shape index (κ3) is 3.43. The number of hydrogen-bond donors (Lipinski definition) is 1. The first kappa shape index (κ1) is 15.5. The lowest BCUT2D eigenvalue weighted by atomic mass is 10.1. The van der Waals surface area contributed by atoms with Gasteiger partial charge in [-0.25, -0.2) is 0 Å². The van der Waals surface area contributed by atoms with Crippen molar-refractivity contribution in [2.24, 2.45) is 0 Å².